The van der Waals surface area contributed by atoms with Gasteiger partial charge in [0.15, 0.2) is 17.7 Å². The summed E-state index contributed by atoms with van der Waals surface area (Å²) in [6.07, 6.45) is -0.640. The summed E-state index contributed by atoms with van der Waals surface area (Å²) in [5, 5.41) is 30.0. The van der Waals surface area contributed by atoms with Crippen LogP contribution < -0.4 is 9.64 Å². The molecule has 0 bridgehead atoms. The van der Waals surface area contributed by atoms with Gasteiger partial charge in [-0.2, -0.15) is 0 Å². The van der Waals surface area contributed by atoms with Crippen LogP contribution in [0.3, 0.4) is 0 Å². The third-order valence-corrected chi connectivity index (χ3v) is 4.41. The fourth-order valence-electron chi connectivity index (χ4n) is 3.30. The van der Waals surface area contributed by atoms with Gasteiger partial charge in [0.2, 0.25) is 0 Å². The molecule has 0 aliphatic carbocycles. The van der Waals surface area contributed by atoms with Gasteiger partial charge >= 0.3 is 6.09 Å². The second kappa shape index (κ2) is 5.62. The number of nitrogens with zero attached hydrogens (tertiary/aromatic N) is 2. The molecule has 2 heterocycles. The van der Waals surface area contributed by atoms with E-state index in [1.54, 1.807) is 0 Å². The number of aliphatic hydroxyl groups is 1. The number of carboxylic acid groups (broad SMARTS) is 1. The Morgan fingerprint density at radius 3 is 2.74 bits per heavy atom. The minimum Gasteiger partial charge on any atom is -0.504 e. The summed E-state index contributed by atoms with van der Waals surface area (Å²) in [7, 11) is 1.34. The highest BCUT2D eigenvalue weighted by atomic mass is 16.5. The highest BCUT2D eigenvalue weighted by Crippen LogP contribution is 2.39. The number of carbonyl (C=O) groups is 2. The van der Waals surface area contributed by atoms with E-state index in [0.717, 1.165) is 23.8 Å². The highest BCUT2D eigenvalue weighted by molar-refractivity contribution is 6.05. The summed E-state index contributed by atoms with van der Waals surface area (Å²) in [4.78, 5) is 26.7. The van der Waals surface area contributed by atoms with E-state index in [2.05, 4.69) is 0 Å². The lowest BCUT2D eigenvalue weighted by Gasteiger charge is -2.38. The maximum absolute atomic E-state index is 12.8. The van der Waals surface area contributed by atoms with Gasteiger partial charge in [0.05, 0.1) is 24.4 Å². The Morgan fingerprint density at radius 2 is 2.09 bits per heavy atom. The van der Waals surface area contributed by atoms with Gasteiger partial charge in [-0.25, -0.2) is 9.69 Å². The molecule has 23 heavy (non-hydrogen) atoms. The van der Waals surface area contributed by atoms with E-state index in [0.29, 0.717) is 13.0 Å². The van der Waals surface area contributed by atoms with Crippen LogP contribution in [0, 0.1) is 0 Å². The Morgan fingerprint density at radius 1 is 1.35 bits per heavy atom. The number of amides is 2. The Labute approximate surface area is 132 Å². The fourth-order valence-corrected chi connectivity index (χ4v) is 3.30. The van der Waals surface area contributed by atoms with Crippen molar-refractivity contribution in [3.63, 3.8) is 0 Å². The summed E-state index contributed by atoms with van der Waals surface area (Å²) < 4.78 is 5.01. The number of methoxy groups -OCH3 is 1. The van der Waals surface area contributed by atoms with E-state index < -0.39 is 18.4 Å². The quantitative estimate of drug-likeness (QED) is 0.717. The molecule has 8 nitrogen and oxygen atoms in total. The normalized spacial score (nSPS) is 23.8. The number of hydrogen-bond donors (Lipinski definition) is 3. The molecule has 2 aliphatic rings. The minimum absolute atomic E-state index is 0.0392. The van der Waals surface area contributed by atoms with Crippen LogP contribution in [0.2, 0.25) is 0 Å². The van der Waals surface area contributed by atoms with E-state index >= 15 is 0 Å². The van der Waals surface area contributed by atoms with E-state index in [1.165, 1.54) is 18.1 Å². The van der Waals surface area contributed by atoms with Gasteiger partial charge in [0.1, 0.15) is 0 Å². The van der Waals surface area contributed by atoms with Crippen molar-refractivity contribution in [2.45, 2.75) is 31.5 Å². The topological polar surface area (TPSA) is 111 Å². The average Bonchev–Trinajstić information content (AvgIpc) is 2.62. The van der Waals surface area contributed by atoms with Crippen LogP contribution in [0.4, 0.5) is 10.5 Å². The van der Waals surface area contributed by atoms with Crippen LogP contribution in [0.5, 0.6) is 11.5 Å². The van der Waals surface area contributed by atoms with Crippen LogP contribution >= 0.6 is 0 Å². The molecule has 0 spiro atoms. The number of aromatic hydroxyl groups is 1. The number of benzene rings is 1. The van der Waals surface area contributed by atoms with Crippen LogP contribution in [0.15, 0.2) is 12.1 Å². The first kappa shape index (κ1) is 15.4. The zero-order valence-corrected chi connectivity index (χ0v) is 12.6. The number of piperidine rings is 1. The molecule has 3 N–H and O–H groups in total. The molecular formula is C15H18N2O6. The van der Waals surface area contributed by atoms with Crippen molar-refractivity contribution in [2.24, 2.45) is 0 Å². The summed E-state index contributed by atoms with van der Waals surface area (Å²) >= 11 is 0. The second-order valence-electron chi connectivity index (χ2n) is 5.67. The van der Waals surface area contributed by atoms with Gasteiger partial charge in [-0.3, -0.25) is 4.79 Å². The van der Waals surface area contributed by atoms with Crippen LogP contribution in [0.25, 0.3) is 0 Å². The molecule has 0 saturated carbocycles. The lowest BCUT2D eigenvalue weighted by molar-refractivity contribution is 0.0246. The Kier molecular flexibility index (Phi) is 3.77. The molecule has 2 aliphatic heterocycles. The summed E-state index contributed by atoms with van der Waals surface area (Å²) in [6, 6.07) is 1.85. The highest BCUT2D eigenvalue weighted by Gasteiger charge is 2.43. The zero-order valence-electron chi connectivity index (χ0n) is 12.6. The first-order valence-corrected chi connectivity index (χ1v) is 7.38. The number of rotatable bonds is 1. The monoisotopic (exact) mass is 322 g/mol. The maximum atomic E-state index is 12.8. The number of fused-ring (bicyclic) bond motifs is 2. The van der Waals surface area contributed by atoms with Gasteiger partial charge in [0.25, 0.3) is 5.91 Å². The largest absolute Gasteiger partial charge is 0.504 e. The summed E-state index contributed by atoms with van der Waals surface area (Å²) in [5.41, 5.74) is 0.0493. The number of aliphatic hydroxyl groups excluding tert-OH is 1. The van der Waals surface area contributed by atoms with Crippen LogP contribution in [-0.4, -0.2) is 58.1 Å². The molecule has 3 rings (SSSR count). The lowest BCUT2D eigenvalue weighted by atomic mass is 10.0. The van der Waals surface area contributed by atoms with Gasteiger partial charge < -0.3 is 25.0 Å². The third kappa shape index (κ3) is 2.35. The molecule has 1 saturated heterocycles. The molecule has 1 aromatic carbocycles. The van der Waals surface area contributed by atoms with Crippen LogP contribution in [0.1, 0.15) is 29.6 Å². The van der Waals surface area contributed by atoms with Crippen molar-refractivity contribution >= 4 is 17.7 Å². The molecular weight excluding hydrogens is 304 g/mol. The number of hydrogen-bond acceptors (Lipinski definition) is 5. The molecule has 1 unspecified atom stereocenters. The third-order valence-electron chi connectivity index (χ3n) is 4.41. The Hall–Kier alpha value is -2.48. The van der Waals surface area contributed by atoms with Gasteiger partial charge in [0, 0.05) is 12.6 Å². The number of carbonyl (C=O) groups excluding carboxylic acids is 1. The van der Waals surface area contributed by atoms with Crippen molar-refractivity contribution in [3.8, 4) is 11.5 Å². The van der Waals surface area contributed by atoms with Crippen molar-refractivity contribution < 1.29 is 29.6 Å². The molecule has 0 radical (unpaired) electrons. The molecule has 1 aromatic rings. The first-order chi connectivity index (χ1) is 11.0. The van der Waals surface area contributed by atoms with Gasteiger partial charge in [-0.15, -0.1) is 0 Å². The molecule has 124 valence electrons. The summed E-state index contributed by atoms with van der Waals surface area (Å²) in [5.74, 6) is -0.587. The number of ether oxygens (including phenoxy) is 1. The number of anilines is 1. The molecule has 2 atom stereocenters. The van der Waals surface area contributed by atoms with Crippen molar-refractivity contribution in [1.29, 1.82) is 0 Å². The Balaban J connectivity index is 2.21. The SMILES string of the molecule is COc1cc2c(cc1O)N(C(=O)O)C(O)[C@@H]1CCCCN1C2=O. The number of phenolic OH excluding ortho intramolecular Hbond substituents is 1. The predicted molar refractivity (Wildman–Crippen MR) is 79.8 cm³/mol. The number of phenols is 1. The fraction of sp³-hybridized carbons (Fsp3) is 0.467. The van der Waals surface area contributed by atoms with E-state index in [4.69, 9.17) is 4.74 Å². The van der Waals surface area contributed by atoms with Crippen LogP contribution in [-0.2, 0) is 0 Å². The molecule has 2 amide bonds. The predicted octanol–water partition coefficient (Wildman–Crippen LogP) is 1.21. The van der Waals surface area contributed by atoms with Crippen molar-refractivity contribution in [2.75, 3.05) is 18.6 Å². The molecule has 8 heteroatoms. The first-order valence-electron chi connectivity index (χ1n) is 7.38. The van der Waals surface area contributed by atoms with Crippen molar-refractivity contribution in [1.82, 2.24) is 4.90 Å². The Bertz CT molecular complexity index is 662. The standard InChI is InChI=1S/C15H18N2O6/c1-23-12-6-8-10(7-11(12)18)17(15(21)22)14(20)9-4-2-3-5-16(9)13(8)19/h6-7,9,14,18,20H,2-5H2,1H3,(H,21,22)/t9-,14?/m0/s1. The average molecular weight is 322 g/mol. The van der Waals surface area contributed by atoms with E-state index in [9.17, 15) is 24.9 Å². The second-order valence-corrected chi connectivity index (χ2v) is 5.67. The summed E-state index contributed by atoms with van der Waals surface area (Å²) in [6.45, 7) is 0.455. The molecule has 1 fully saturated rings. The van der Waals surface area contributed by atoms with Gasteiger partial charge in [-0.1, -0.05) is 0 Å². The van der Waals surface area contributed by atoms with E-state index in [1.807, 2.05) is 0 Å². The van der Waals surface area contributed by atoms with Gasteiger partial charge in [-0.05, 0) is 25.3 Å². The zero-order chi connectivity index (χ0) is 16.7. The molecule has 0 aromatic heterocycles. The lowest BCUT2D eigenvalue weighted by Crippen LogP contribution is -2.54. The van der Waals surface area contributed by atoms with E-state index in [-0.39, 0.29) is 28.7 Å². The maximum Gasteiger partial charge on any atom is 0.414 e. The van der Waals surface area contributed by atoms with Crippen molar-refractivity contribution in [3.05, 3.63) is 17.7 Å². The smallest absolute Gasteiger partial charge is 0.414 e. The minimum atomic E-state index is -1.39.